The van der Waals surface area contributed by atoms with Crippen LogP contribution in [0.4, 0.5) is 0 Å². The van der Waals surface area contributed by atoms with Crippen LogP contribution in [0.15, 0.2) is 0 Å². The van der Waals surface area contributed by atoms with Crippen molar-refractivity contribution >= 4 is 0 Å². The summed E-state index contributed by atoms with van der Waals surface area (Å²) in [6.07, 6.45) is 15.8. The number of hydrogen-bond donors (Lipinski definition) is 1. The Morgan fingerprint density at radius 1 is 0.600 bits per heavy atom. The summed E-state index contributed by atoms with van der Waals surface area (Å²) in [5, 5.41) is 0. The molecule has 0 heterocycles. The molecule has 0 amide bonds. The van der Waals surface area contributed by atoms with Crippen LogP contribution < -0.4 is 5.73 Å². The SMILES string of the molecule is NC1CCCCC2CCCCCCC2C1. The molecule has 88 valence electrons. The minimum atomic E-state index is 0.511. The van der Waals surface area contributed by atoms with Crippen LogP contribution in [0, 0.1) is 11.8 Å². The lowest BCUT2D eigenvalue weighted by molar-refractivity contribution is 0.200. The standard InChI is InChI=1S/C14H27N/c15-14-10-6-5-8-12-7-3-1-2-4-9-13(12)11-14/h12-14H,1-11,15H2. The number of rotatable bonds is 0. The highest BCUT2D eigenvalue weighted by molar-refractivity contribution is 4.79. The average molecular weight is 209 g/mol. The third-order valence-electron chi connectivity index (χ3n) is 4.57. The van der Waals surface area contributed by atoms with Crippen molar-refractivity contribution < 1.29 is 0 Å². The second-order valence-corrected chi connectivity index (χ2v) is 5.79. The Morgan fingerprint density at radius 3 is 1.87 bits per heavy atom. The monoisotopic (exact) mass is 209 g/mol. The summed E-state index contributed by atoms with van der Waals surface area (Å²) in [6.45, 7) is 0. The molecule has 2 rings (SSSR count). The van der Waals surface area contributed by atoms with Crippen molar-refractivity contribution in [2.24, 2.45) is 17.6 Å². The van der Waals surface area contributed by atoms with Crippen molar-refractivity contribution in [3.63, 3.8) is 0 Å². The quantitative estimate of drug-likeness (QED) is 0.644. The highest BCUT2D eigenvalue weighted by Crippen LogP contribution is 2.36. The van der Waals surface area contributed by atoms with Gasteiger partial charge in [0.05, 0.1) is 0 Å². The van der Waals surface area contributed by atoms with Gasteiger partial charge in [-0.3, -0.25) is 0 Å². The zero-order valence-corrected chi connectivity index (χ0v) is 10.1. The van der Waals surface area contributed by atoms with E-state index in [1.165, 1.54) is 70.6 Å². The van der Waals surface area contributed by atoms with E-state index < -0.39 is 0 Å². The number of hydrogen-bond acceptors (Lipinski definition) is 1. The molecule has 0 aromatic rings. The maximum atomic E-state index is 6.20. The highest BCUT2D eigenvalue weighted by Gasteiger charge is 2.25. The summed E-state index contributed by atoms with van der Waals surface area (Å²) in [5.41, 5.74) is 6.20. The number of nitrogens with two attached hydrogens (primary N) is 1. The van der Waals surface area contributed by atoms with E-state index in [-0.39, 0.29) is 0 Å². The Labute approximate surface area is 94.8 Å². The van der Waals surface area contributed by atoms with Gasteiger partial charge in [-0.25, -0.2) is 0 Å². The molecule has 3 unspecified atom stereocenters. The Bertz CT molecular complexity index is 176. The molecule has 2 fully saturated rings. The lowest BCUT2D eigenvalue weighted by Crippen LogP contribution is -2.29. The van der Waals surface area contributed by atoms with Gasteiger partial charge < -0.3 is 5.73 Å². The maximum absolute atomic E-state index is 6.20. The molecule has 3 atom stereocenters. The third-order valence-corrected chi connectivity index (χ3v) is 4.57. The van der Waals surface area contributed by atoms with Gasteiger partial charge in [0.1, 0.15) is 0 Å². The van der Waals surface area contributed by atoms with E-state index in [1.54, 1.807) is 0 Å². The van der Waals surface area contributed by atoms with Crippen molar-refractivity contribution in [1.82, 2.24) is 0 Å². The highest BCUT2D eigenvalue weighted by atomic mass is 14.6. The second-order valence-electron chi connectivity index (χ2n) is 5.79. The fourth-order valence-electron chi connectivity index (χ4n) is 3.65. The van der Waals surface area contributed by atoms with Crippen molar-refractivity contribution in [3.8, 4) is 0 Å². The Balaban J connectivity index is 1.94. The zero-order chi connectivity index (χ0) is 10.5. The molecule has 0 aromatic carbocycles. The molecule has 0 saturated heterocycles. The summed E-state index contributed by atoms with van der Waals surface area (Å²) in [7, 11) is 0. The van der Waals surface area contributed by atoms with Crippen LogP contribution in [-0.2, 0) is 0 Å². The lowest BCUT2D eigenvalue weighted by Gasteiger charge is -2.33. The molecule has 2 aliphatic rings. The topological polar surface area (TPSA) is 26.0 Å². The van der Waals surface area contributed by atoms with E-state index >= 15 is 0 Å². The van der Waals surface area contributed by atoms with Gasteiger partial charge in [0.2, 0.25) is 0 Å². The Morgan fingerprint density at radius 2 is 1.13 bits per heavy atom. The molecule has 0 aliphatic heterocycles. The van der Waals surface area contributed by atoms with E-state index in [0.29, 0.717) is 6.04 Å². The zero-order valence-electron chi connectivity index (χ0n) is 10.1. The molecular formula is C14H27N. The van der Waals surface area contributed by atoms with E-state index in [4.69, 9.17) is 5.73 Å². The van der Waals surface area contributed by atoms with Gasteiger partial charge in [-0.05, 0) is 24.7 Å². The maximum Gasteiger partial charge on any atom is 0.00415 e. The summed E-state index contributed by atoms with van der Waals surface area (Å²) in [4.78, 5) is 0. The molecule has 2 aliphatic carbocycles. The van der Waals surface area contributed by atoms with Crippen molar-refractivity contribution in [2.75, 3.05) is 0 Å². The summed E-state index contributed by atoms with van der Waals surface area (Å²) < 4.78 is 0. The van der Waals surface area contributed by atoms with Gasteiger partial charge in [-0.15, -0.1) is 0 Å². The van der Waals surface area contributed by atoms with E-state index in [1.807, 2.05) is 0 Å². The van der Waals surface area contributed by atoms with Gasteiger partial charge in [0.15, 0.2) is 0 Å². The molecule has 0 bridgehead atoms. The minimum Gasteiger partial charge on any atom is -0.328 e. The molecule has 2 saturated carbocycles. The second kappa shape index (κ2) is 5.89. The van der Waals surface area contributed by atoms with Gasteiger partial charge in [-0.2, -0.15) is 0 Å². The first-order chi connectivity index (χ1) is 7.36. The van der Waals surface area contributed by atoms with Gasteiger partial charge >= 0.3 is 0 Å². The molecular weight excluding hydrogens is 182 g/mol. The van der Waals surface area contributed by atoms with E-state index in [2.05, 4.69) is 0 Å². The largest absolute Gasteiger partial charge is 0.328 e. The summed E-state index contributed by atoms with van der Waals surface area (Å²) >= 11 is 0. The normalized spacial score (nSPS) is 39.4. The van der Waals surface area contributed by atoms with Crippen molar-refractivity contribution in [2.45, 2.75) is 76.7 Å². The molecule has 0 spiro atoms. The first-order valence-electron chi connectivity index (χ1n) is 7.12. The van der Waals surface area contributed by atoms with E-state index in [0.717, 1.165) is 11.8 Å². The number of fused-ring (bicyclic) bond motifs is 1. The predicted octanol–water partition coefficient (Wildman–Crippen LogP) is 3.86. The van der Waals surface area contributed by atoms with Crippen LogP contribution in [0.2, 0.25) is 0 Å². The van der Waals surface area contributed by atoms with Crippen molar-refractivity contribution in [3.05, 3.63) is 0 Å². The Kier molecular flexibility index (Phi) is 4.49. The van der Waals surface area contributed by atoms with Crippen LogP contribution in [0.1, 0.15) is 70.6 Å². The van der Waals surface area contributed by atoms with Crippen LogP contribution >= 0.6 is 0 Å². The smallest absolute Gasteiger partial charge is 0.00415 e. The average Bonchev–Trinajstić information content (AvgIpc) is 2.18. The molecule has 0 aromatic heterocycles. The van der Waals surface area contributed by atoms with Crippen LogP contribution in [0.25, 0.3) is 0 Å². The predicted molar refractivity (Wildman–Crippen MR) is 65.7 cm³/mol. The fourth-order valence-corrected chi connectivity index (χ4v) is 3.65. The summed E-state index contributed by atoms with van der Waals surface area (Å²) in [5.74, 6) is 2.00. The lowest BCUT2D eigenvalue weighted by atomic mass is 9.74. The van der Waals surface area contributed by atoms with Crippen LogP contribution in [0.3, 0.4) is 0 Å². The van der Waals surface area contributed by atoms with Crippen LogP contribution in [-0.4, -0.2) is 6.04 Å². The molecule has 15 heavy (non-hydrogen) atoms. The first-order valence-corrected chi connectivity index (χ1v) is 7.12. The van der Waals surface area contributed by atoms with Gasteiger partial charge in [-0.1, -0.05) is 57.8 Å². The molecule has 1 heteroatoms. The minimum absolute atomic E-state index is 0.511. The third kappa shape index (κ3) is 3.48. The van der Waals surface area contributed by atoms with Gasteiger partial charge in [0.25, 0.3) is 0 Å². The summed E-state index contributed by atoms with van der Waals surface area (Å²) in [6, 6.07) is 0.511. The molecule has 2 N–H and O–H groups in total. The Hall–Kier alpha value is -0.0400. The molecule has 0 radical (unpaired) electrons. The molecule has 1 nitrogen and oxygen atoms in total. The van der Waals surface area contributed by atoms with Gasteiger partial charge in [0, 0.05) is 6.04 Å². The van der Waals surface area contributed by atoms with E-state index in [9.17, 15) is 0 Å². The van der Waals surface area contributed by atoms with Crippen molar-refractivity contribution in [1.29, 1.82) is 0 Å². The fraction of sp³-hybridized carbons (Fsp3) is 1.00. The van der Waals surface area contributed by atoms with Crippen LogP contribution in [0.5, 0.6) is 0 Å². The first kappa shape index (κ1) is 11.4.